The number of rotatable bonds is 4. The lowest BCUT2D eigenvalue weighted by atomic mass is 9.95. The van der Waals surface area contributed by atoms with Crippen LogP contribution in [0.4, 0.5) is 10.1 Å². The highest BCUT2D eigenvalue weighted by molar-refractivity contribution is 6.05. The summed E-state index contributed by atoms with van der Waals surface area (Å²) in [5, 5.41) is 9.98. The Morgan fingerprint density at radius 1 is 1.03 bits per heavy atom. The topological polar surface area (TPSA) is 76.0 Å². The number of hydrogen-bond acceptors (Lipinski definition) is 3. The molecule has 0 aliphatic heterocycles. The Morgan fingerprint density at radius 2 is 1.79 bits per heavy atom. The summed E-state index contributed by atoms with van der Waals surface area (Å²) in [6, 6.07) is 12.8. The van der Waals surface area contributed by atoms with E-state index >= 15 is 0 Å². The first kappa shape index (κ1) is 18.9. The summed E-state index contributed by atoms with van der Waals surface area (Å²) < 4.78 is 15.0. The third-order valence-electron chi connectivity index (χ3n) is 5.08. The maximum absolute atomic E-state index is 13.3. The van der Waals surface area contributed by atoms with Crippen LogP contribution in [0.5, 0.6) is 0 Å². The maximum atomic E-state index is 13.3. The van der Waals surface area contributed by atoms with Crippen molar-refractivity contribution in [2.24, 2.45) is 0 Å². The third-order valence-corrected chi connectivity index (χ3v) is 5.08. The Kier molecular flexibility index (Phi) is 5.12. The van der Waals surface area contributed by atoms with Crippen LogP contribution >= 0.6 is 0 Å². The summed E-state index contributed by atoms with van der Waals surface area (Å²) in [6.07, 6.45) is 3.61. The van der Waals surface area contributed by atoms with Gasteiger partial charge < -0.3 is 10.6 Å². The Hall–Kier alpha value is -3.48. The van der Waals surface area contributed by atoms with Gasteiger partial charge in [0.05, 0.1) is 5.69 Å². The van der Waals surface area contributed by atoms with Crippen LogP contribution in [-0.4, -0.2) is 28.6 Å². The van der Waals surface area contributed by atoms with Crippen molar-refractivity contribution in [3.8, 4) is 5.69 Å². The zero-order chi connectivity index (χ0) is 20.4. The average molecular weight is 392 g/mol. The molecule has 0 unspecified atom stereocenters. The Morgan fingerprint density at radius 3 is 2.55 bits per heavy atom. The molecular formula is C22H21FN4O2. The van der Waals surface area contributed by atoms with E-state index in [0.29, 0.717) is 16.9 Å². The molecule has 2 N–H and O–H groups in total. The molecule has 0 atom stereocenters. The second-order valence-corrected chi connectivity index (χ2v) is 6.98. The van der Waals surface area contributed by atoms with E-state index in [2.05, 4.69) is 15.7 Å². The highest BCUT2D eigenvalue weighted by atomic mass is 19.1. The van der Waals surface area contributed by atoms with Crippen molar-refractivity contribution in [1.29, 1.82) is 0 Å². The lowest BCUT2D eigenvalue weighted by Gasteiger charge is -2.14. The van der Waals surface area contributed by atoms with Crippen molar-refractivity contribution in [3.05, 3.63) is 76.9 Å². The molecule has 0 saturated carbocycles. The minimum Gasteiger partial charge on any atom is -0.355 e. The molecule has 0 fully saturated rings. The SMILES string of the molecule is CNC(=O)c1cccc(NC(=O)c2nn(-c3ccc(F)cc3)c3c2CCCC3)c1. The molecule has 2 aromatic carbocycles. The van der Waals surface area contributed by atoms with Gasteiger partial charge in [0.2, 0.25) is 0 Å². The van der Waals surface area contributed by atoms with Crippen molar-refractivity contribution >= 4 is 17.5 Å². The molecule has 0 radical (unpaired) electrons. The number of aromatic nitrogens is 2. The number of benzene rings is 2. The van der Waals surface area contributed by atoms with Gasteiger partial charge in [-0.2, -0.15) is 5.10 Å². The number of nitrogens with one attached hydrogen (secondary N) is 2. The summed E-state index contributed by atoms with van der Waals surface area (Å²) in [5.74, 6) is -0.860. The first-order valence-electron chi connectivity index (χ1n) is 9.57. The first-order valence-corrected chi connectivity index (χ1v) is 9.57. The Balaban J connectivity index is 1.67. The van der Waals surface area contributed by atoms with E-state index in [9.17, 15) is 14.0 Å². The molecular weight excluding hydrogens is 371 g/mol. The minimum absolute atomic E-state index is 0.223. The van der Waals surface area contributed by atoms with Crippen LogP contribution in [0.3, 0.4) is 0 Å². The number of nitrogens with zero attached hydrogens (tertiary/aromatic N) is 2. The smallest absolute Gasteiger partial charge is 0.276 e. The summed E-state index contributed by atoms with van der Waals surface area (Å²) in [5.41, 5.74) is 4.01. The standard InChI is InChI=1S/C22H21FN4O2/c1-24-21(28)14-5-4-6-16(13-14)25-22(29)20-18-7-2-3-8-19(18)27(26-20)17-11-9-15(23)10-12-17/h4-6,9-13H,2-3,7-8H2,1H3,(H,24,28)(H,25,29). The van der Waals surface area contributed by atoms with Gasteiger partial charge in [0.25, 0.3) is 11.8 Å². The number of fused-ring (bicyclic) bond motifs is 1. The number of halogens is 1. The van der Waals surface area contributed by atoms with Gasteiger partial charge in [-0.05, 0) is 68.1 Å². The zero-order valence-corrected chi connectivity index (χ0v) is 16.0. The monoisotopic (exact) mass is 392 g/mol. The average Bonchev–Trinajstić information content (AvgIpc) is 3.14. The van der Waals surface area contributed by atoms with E-state index in [1.54, 1.807) is 48.1 Å². The van der Waals surface area contributed by atoms with E-state index in [1.165, 1.54) is 12.1 Å². The molecule has 0 spiro atoms. The molecule has 0 bridgehead atoms. The van der Waals surface area contributed by atoms with Crippen LogP contribution in [-0.2, 0) is 12.8 Å². The number of anilines is 1. The Bertz CT molecular complexity index is 1070. The molecule has 2 amide bonds. The molecule has 1 aliphatic rings. The minimum atomic E-state index is -0.321. The molecule has 7 heteroatoms. The van der Waals surface area contributed by atoms with Gasteiger partial charge in [-0.1, -0.05) is 6.07 Å². The van der Waals surface area contributed by atoms with Crippen LogP contribution in [0.25, 0.3) is 5.69 Å². The van der Waals surface area contributed by atoms with Gasteiger partial charge in [0.15, 0.2) is 5.69 Å². The van der Waals surface area contributed by atoms with Crippen LogP contribution in [0.2, 0.25) is 0 Å². The summed E-state index contributed by atoms with van der Waals surface area (Å²) in [6.45, 7) is 0. The van der Waals surface area contributed by atoms with Crippen molar-refractivity contribution in [2.75, 3.05) is 12.4 Å². The van der Waals surface area contributed by atoms with Crippen molar-refractivity contribution < 1.29 is 14.0 Å². The predicted molar refractivity (Wildman–Crippen MR) is 108 cm³/mol. The fraction of sp³-hybridized carbons (Fsp3) is 0.227. The number of carbonyl (C=O) groups excluding carboxylic acids is 2. The number of amides is 2. The van der Waals surface area contributed by atoms with E-state index in [1.807, 2.05) is 0 Å². The highest BCUT2D eigenvalue weighted by Crippen LogP contribution is 2.27. The van der Waals surface area contributed by atoms with Crippen LogP contribution in [0.15, 0.2) is 48.5 Å². The van der Waals surface area contributed by atoms with Crippen molar-refractivity contribution in [1.82, 2.24) is 15.1 Å². The van der Waals surface area contributed by atoms with Crippen molar-refractivity contribution in [2.45, 2.75) is 25.7 Å². The Labute approximate surface area is 167 Å². The fourth-order valence-corrected chi connectivity index (χ4v) is 3.65. The van der Waals surface area contributed by atoms with Gasteiger partial charge in [-0.25, -0.2) is 9.07 Å². The normalized spacial score (nSPS) is 12.9. The molecule has 0 saturated heterocycles. The lowest BCUT2D eigenvalue weighted by molar-refractivity contribution is 0.0961. The number of carbonyl (C=O) groups is 2. The molecule has 148 valence electrons. The molecule has 4 rings (SSSR count). The molecule has 6 nitrogen and oxygen atoms in total. The molecule has 1 aliphatic carbocycles. The van der Waals surface area contributed by atoms with E-state index < -0.39 is 0 Å². The summed E-state index contributed by atoms with van der Waals surface area (Å²) in [7, 11) is 1.56. The van der Waals surface area contributed by atoms with Gasteiger partial charge in [-0.3, -0.25) is 9.59 Å². The van der Waals surface area contributed by atoms with E-state index in [-0.39, 0.29) is 17.6 Å². The maximum Gasteiger partial charge on any atom is 0.276 e. The predicted octanol–water partition coefficient (Wildman–Crippen LogP) is 3.50. The van der Waals surface area contributed by atoms with E-state index in [4.69, 9.17) is 0 Å². The molecule has 1 aromatic heterocycles. The third kappa shape index (κ3) is 3.76. The first-order chi connectivity index (χ1) is 14.1. The molecule has 1 heterocycles. The summed E-state index contributed by atoms with van der Waals surface area (Å²) in [4.78, 5) is 24.8. The number of hydrogen-bond donors (Lipinski definition) is 2. The largest absolute Gasteiger partial charge is 0.355 e. The molecule has 3 aromatic rings. The zero-order valence-electron chi connectivity index (χ0n) is 16.0. The van der Waals surface area contributed by atoms with Crippen molar-refractivity contribution in [3.63, 3.8) is 0 Å². The van der Waals surface area contributed by atoms with Gasteiger partial charge in [0, 0.05) is 29.6 Å². The second kappa shape index (κ2) is 7.87. The van der Waals surface area contributed by atoms with Gasteiger partial charge in [0.1, 0.15) is 5.82 Å². The van der Waals surface area contributed by atoms with Crippen LogP contribution in [0, 0.1) is 5.82 Å². The van der Waals surface area contributed by atoms with Gasteiger partial charge >= 0.3 is 0 Å². The van der Waals surface area contributed by atoms with Gasteiger partial charge in [-0.15, -0.1) is 0 Å². The fourth-order valence-electron chi connectivity index (χ4n) is 3.65. The molecule has 29 heavy (non-hydrogen) atoms. The highest BCUT2D eigenvalue weighted by Gasteiger charge is 2.25. The lowest BCUT2D eigenvalue weighted by Crippen LogP contribution is -2.19. The summed E-state index contributed by atoms with van der Waals surface area (Å²) >= 11 is 0. The second-order valence-electron chi connectivity index (χ2n) is 6.98. The van der Waals surface area contributed by atoms with E-state index in [0.717, 1.165) is 42.6 Å². The van der Waals surface area contributed by atoms with Crippen LogP contribution < -0.4 is 10.6 Å². The quantitative estimate of drug-likeness (QED) is 0.714. The van der Waals surface area contributed by atoms with Crippen LogP contribution in [0.1, 0.15) is 44.9 Å².